The van der Waals surface area contributed by atoms with Crippen molar-refractivity contribution >= 4 is 7.82 Å². The Morgan fingerprint density at radius 3 is 1.59 bits per heavy atom. The molecule has 1 unspecified atom stereocenters. The highest BCUT2D eigenvalue weighted by molar-refractivity contribution is 7.45. The monoisotopic (exact) mass is 475 g/mol. The van der Waals surface area contributed by atoms with Crippen LogP contribution in [0.2, 0.25) is 0 Å². The van der Waals surface area contributed by atoms with Gasteiger partial charge < -0.3 is 18.4 Å². The van der Waals surface area contributed by atoms with Gasteiger partial charge in [0.1, 0.15) is 0 Å². The lowest BCUT2D eigenvalue weighted by Crippen LogP contribution is -2.35. The van der Waals surface area contributed by atoms with Crippen LogP contribution in [-0.4, -0.2) is 45.4 Å². The molecular formula is C26H54NO4P. The Morgan fingerprint density at radius 1 is 0.688 bits per heavy atom. The minimum Gasteiger partial charge on any atom is -0.756 e. The summed E-state index contributed by atoms with van der Waals surface area (Å²) in [4.78, 5) is 11.9. The first-order valence-electron chi connectivity index (χ1n) is 13.7. The van der Waals surface area contributed by atoms with Gasteiger partial charge in [0.25, 0.3) is 7.82 Å². The molecule has 0 aromatic heterocycles. The van der Waals surface area contributed by atoms with Gasteiger partial charge in [-0.2, -0.15) is 0 Å². The summed E-state index contributed by atoms with van der Waals surface area (Å²) >= 11 is 0. The van der Waals surface area contributed by atoms with E-state index in [4.69, 9.17) is 9.05 Å². The summed E-state index contributed by atoms with van der Waals surface area (Å²) in [5, 5.41) is 0. The highest BCUT2D eigenvalue weighted by Crippen LogP contribution is 2.38. The molecule has 0 heterocycles. The van der Waals surface area contributed by atoms with Gasteiger partial charge in [-0.3, -0.25) is 4.57 Å². The van der Waals surface area contributed by atoms with Crippen molar-refractivity contribution in [3.8, 4) is 0 Å². The SMILES string of the molecule is C[N+](C)(C)CCCOP(=O)([O-])OCCCCCC1CCCCCCCCCCCCCC1. The Hall–Kier alpha value is 0.0700. The second-order valence-electron chi connectivity index (χ2n) is 11.0. The van der Waals surface area contributed by atoms with Gasteiger partial charge in [0.05, 0.1) is 40.9 Å². The van der Waals surface area contributed by atoms with Crippen LogP contribution in [0.3, 0.4) is 0 Å². The van der Waals surface area contributed by atoms with E-state index in [1.54, 1.807) is 0 Å². The van der Waals surface area contributed by atoms with Gasteiger partial charge in [0.15, 0.2) is 0 Å². The van der Waals surface area contributed by atoms with Crippen LogP contribution in [0.5, 0.6) is 0 Å². The van der Waals surface area contributed by atoms with Crippen LogP contribution in [0.25, 0.3) is 0 Å². The molecule has 1 aliphatic carbocycles. The van der Waals surface area contributed by atoms with Gasteiger partial charge in [-0.15, -0.1) is 0 Å². The van der Waals surface area contributed by atoms with E-state index < -0.39 is 7.82 Å². The Labute approximate surface area is 199 Å². The molecule has 1 rings (SSSR count). The fourth-order valence-electron chi connectivity index (χ4n) is 4.71. The van der Waals surface area contributed by atoms with E-state index in [0.29, 0.717) is 6.42 Å². The second kappa shape index (κ2) is 18.4. The molecule has 0 radical (unpaired) electrons. The Balaban J connectivity index is 2.14. The van der Waals surface area contributed by atoms with Gasteiger partial charge in [0.2, 0.25) is 0 Å². The molecule has 1 saturated carbocycles. The van der Waals surface area contributed by atoms with E-state index in [2.05, 4.69) is 21.1 Å². The highest BCUT2D eigenvalue weighted by atomic mass is 31.2. The molecule has 6 heteroatoms. The van der Waals surface area contributed by atoms with Crippen molar-refractivity contribution in [1.29, 1.82) is 0 Å². The first kappa shape index (κ1) is 30.1. The van der Waals surface area contributed by atoms with Gasteiger partial charge in [-0.1, -0.05) is 109 Å². The molecule has 0 amide bonds. The maximum absolute atomic E-state index is 11.9. The molecule has 0 aromatic rings. The lowest BCUT2D eigenvalue weighted by molar-refractivity contribution is -0.870. The summed E-state index contributed by atoms with van der Waals surface area (Å²) in [6.45, 7) is 1.33. The van der Waals surface area contributed by atoms with Gasteiger partial charge in [-0.05, 0) is 12.3 Å². The minimum absolute atomic E-state index is 0.206. The summed E-state index contributed by atoms with van der Waals surface area (Å²) < 4.78 is 22.7. The van der Waals surface area contributed by atoms with Crippen LogP contribution >= 0.6 is 7.82 Å². The first-order valence-corrected chi connectivity index (χ1v) is 15.2. The van der Waals surface area contributed by atoms with E-state index in [-0.39, 0.29) is 13.2 Å². The molecule has 1 fully saturated rings. The molecule has 0 saturated heterocycles. The third-order valence-electron chi connectivity index (χ3n) is 6.70. The largest absolute Gasteiger partial charge is 0.756 e. The molecule has 0 spiro atoms. The predicted octanol–water partition coefficient (Wildman–Crippen LogP) is 7.24. The zero-order valence-corrected chi connectivity index (χ0v) is 22.6. The van der Waals surface area contributed by atoms with E-state index in [9.17, 15) is 9.46 Å². The highest BCUT2D eigenvalue weighted by Gasteiger charge is 2.12. The van der Waals surface area contributed by atoms with Gasteiger partial charge in [-0.25, -0.2) is 0 Å². The topological polar surface area (TPSA) is 58.6 Å². The number of phosphoric ester groups is 1. The van der Waals surface area contributed by atoms with E-state index >= 15 is 0 Å². The van der Waals surface area contributed by atoms with Gasteiger partial charge in [0, 0.05) is 6.42 Å². The van der Waals surface area contributed by atoms with Crippen LogP contribution in [0.4, 0.5) is 0 Å². The van der Waals surface area contributed by atoms with Crippen LogP contribution < -0.4 is 4.89 Å². The Kier molecular flexibility index (Phi) is 17.3. The summed E-state index contributed by atoms with van der Waals surface area (Å²) in [6.07, 6.45) is 24.8. The van der Waals surface area contributed by atoms with Crippen LogP contribution in [0, 0.1) is 5.92 Å². The van der Waals surface area contributed by atoms with Crippen molar-refractivity contribution in [2.75, 3.05) is 40.9 Å². The molecule has 0 aliphatic heterocycles. The van der Waals surface area contributed by atoms with Crippen molar-refractivity contribution in [2.24, 2.45) is 5.92 Å². The van der Waals surface area contributed by atoms with Gasteiger partial charge >= 0.3 is 0 Å². The fourth-order valence-corrected chi connectivity index (χ4v) is 5.49. The molecule has 5 nitrogen and oxygen atoms in total. The number of hydrogen-bond acceptors (Lipinski definition) is 4. The zero-order chi connectivity index (χ0) is 23.5. The quantitative estimate of drug-likeness (QED) is 0.170. The van der Waals surface area contributed by atoms with Crippen molar-refractivity contribution in [3.05, 3.63) is 0 Å². The second-order valence-corrected chi connectivity index (χ2v) is 12.4. The Bertz CT molecular complexity index is 465. The molecular weight excluding hydrogens is 421 g/mol. The lowest BCUT2D eigenvalue weighted by Gasteiger charge is -2.26. The third-order valence-corrected chi connectivity index (χ3v) is 7.70. The maximum atomic E-state index is 11.9. The number of hydrogen-bond donors (Lipinski definition) is 0. The average molecular weight is 476 g/mol. The number of phosphoric acid groups is 1. The van der Waals surface area contributed by atoms with Crippen LogP contribution in [0.1, 0.15) is 122 Å². The van der Waals surface area contributed by atoms with Crippen molar-refractivity contribution in [2.45, 2.75) is 122 Å². The standard InChI is InChI=1S/C26H54NO4P/c1-27(2,3)23-19-25-31-32(28,29)30-24-18-14-17-22-26-20-15-12-10-8-6-4-5-7-9-11-13-16-21-26/h26H,4-25H2,1-3H3. The summed E-state index contributed by atoms with van der Waals surface area (Å²) in [7, 11) is 2.10. The maximum Gasteiger partial charge on any atom is 0.267 e. The van der Waals surface area contributed by atoms with Crippen molar-refractivity contribution < 1.29 is 23.0 Å². The zero-order valence-electron chi connectivity index (χ0n) is 21.7. The first-order chi connectivity index (χ1) is 15.3. The lowest BCUT2D eigenvalue weighted by atomic mass is 9.90. The number of nitrogens with zero attached hydrogens (tertiary/aromatic N) is 1. The molecule has 32 heavy (non-hydrogen) atoms. The molecule has 0 N–H and O–H groups in total. The molecule has 0 aromatic carbocycles. The molecule has 192 valence electrons. The molecule has 1 atom stereocenters. The number of rotatable bonds is 12. The molecule has 1 aliphatic rings. The van der Waals surface area contributed by atoms with Crippen molar-refractivity contribution in [1.82, 2.24) is 0 Å². The minimum atomic E-state index is -4.14. The van der Waals surface area contributed by atoms with Crippen molar-refractivity contribution in [3.63, 3.8) is 0 Å². The van der Waals surface area contributed by atoms with Crippen LogP contribution in [-0.2, 0) is 13.6 Å². The molecule has 0 bridgehead atoms. The Morgan fingerprint density at radius 2 is 1.12 bits per heavy atom. The third kappa shape index (κ3) is 19.5. The van der Waals surface area contributed by atoms with E-state index in [1.807, 2.05) is 0 Å². The summed E-state index contributed by atoms with van der Waals surface area (Å²) in [5.74, 6) is 0.858. The predicted molar refractivity (Wildman–Crippen MR) is 134 cm³/mol. The van der Waals surface area contributed by atoms with E-state index in [0.717, 1.165) is 29.8 Å². The number of quaternary nitrogens is 1. The van der Waals surface area contributed by atoms with Crippen LogP contribution in [0.15, 0.2) is 0 Å². The average Bonchev–Trinajstić information content (AvgIpc) is 2.73. The smallest absolute Gasteiger partial charge is 0.267 e. The normalized spacial score (nSPS) is 20.9. The number of unbranched alkanes of at least 4 members (excludes halogenated alkanes) is 2. The summed E-state index contributed by atoms with van der Waals surface area (Å²) in [6, 6.07) is 0. The van der Waals surface area contributed by atoms with E-state index in [1.165, 1.54) is 103 Å². The fraction of sp³-hybridized carbons (Fsp3) is 1.00. The summed E-state index contributed by atoms with van der Waals surface area (Å²) in [5.41, 5.74) is 0.